The number of nitrogens with zero attached hydrogens (tertiary/aromatic N) is 1. The molecule has 0 radical (unpaired) electrons. The van der Waals surface area contributed by atoms with Crippen LogP contribution in [-0.2, 0) is 16.0 Å². The zero-order chi connectivity index (χ0) is 19.4. The van der Waals surface area contributed by atoms with Crippen molar-refractivity contribution in [1.82, 2.24) is 5.32 Å². The van der Waals surface area contributed by atoms with Gasteiger partial charge >= 0.3 is 5.97 Å². The van der Waals surface area contributed by atoms with E-state index in [0.717, 1.165) is 5.69 Å². The zero-order valence-electron chi connectivity index (χ0n) is 15.1. The maximum atomic E-state index is 12.7. The number of rotatable bonds is 6. The van der Waals surface area contributed by atoms with E-state index in [1.165, 1.54) is 6.07 Å². The Kier molecular flexibility index (Phi) is 5.54. The number of para-hydroxylation sites is 1. The fourth-order valence-corrected chi connectivity index (χ4v) is 3.49. The van der Waals surface area contributed by atoms with Gasteiger partial charge in [-0.3, -0.25) is 9.59 Å². The number of carbonyl (C=O) groups excluding carboxylic acids is 2. The number of aryl methyl sites for hydroxylation is 1. The second-order valence-corrected chi connectivity index (χ2v) is 6.71. The Bertz CT molecular complexity index is 850. The molecule has 0 aromatic heterocycles. The Balaban J connectivity index is 1.60. The van der Waals surface area contributed by atoms with Crippen molar-refractivity contribution in [3.63, 3.8) is 0 Å². The first-order valence-electron chi connectivity index (χ1n) is 8.96. The van der Waals surface area contributed by atoms with Crippen molar-refractivity contribution >= 4 is 23.5 Å². The standard InChI is InChI=1S/C21H22N2O4/c1-14-13-18(20(25)23(14)16-8-3-2-4-9-16)22-19(24)12-11-15-7-5-6-10-17(15)21(26)27/h2-10,14,18H,11-13H2,1H3,(H,22,24)(H,26,27). The van der Waals surface area contributed by atoms with Crippen LogP contribution in [0.4, 0.5) is 5.69 Å². The summed E-state index contributed by atoms with van der Waals surface area (Å²) >= 11 is 0. The monoisotopic (exact) mass is 366 g/mol. The molecule has 0 aliphatic carbocycles. The molecule has 1 aliphatic rings. The summed E-state index contributed by atoms with van der Waals surface area (Å²) in [6, 6.07) is 15.5. The van der Waals surface area contributed by atoms with Crippen LogP contribution in [0.15, 0.2) is 54.6 Å². The van der Waals surface area contributed by atoms with E-state index in [1.54, 1.807) is 23.1 Å². The van der Waals surface area contributed by atoms with Crippen molar-refractivity contribution in [2.45, 2.75) is 38.3 Å². The van der Waals surface area contributed by atoms with Gasteiger partial charge in [0.1, 0.15) is 6.04 Å². The third-order valence-corrected chi connectivity index (χ3v) is 4.79. The molecule has 0 spiro atoms. The number of aromatic carboxylic acids is 1. The van der Waals surface area contributed by atoms with Crippen molar-refractivity contribution in [3.8, 4) is 0 Å². The van der Waals surface area contributed by atoms with Gasteiger partial charge in [-0.05, 0) is 43.5 Å². The van der Waals surface area contributed by atoms with Crippen LogP contribution in [0, 0.1) is 0 Å². The van der Waals surface area contributed by atoms with E-state index < -0.39 is 12.0 Å². The molecule has 2 aromatic carbocycles. The van der Waals surface area contributed by atoms with Crippen LogP contribution in [0.3, 0.4) is 0 Å². The molecule has 2 N–H and O–H groups in total. The van der Waals surface area contributed by atoms with Gasteiger partial charge in [0.05, 0.1) is 5.56 Å². The van der Waals surface area contributed by atoms with Gasteiger partial charge in [-0.2, -0.15) is 0 Å². The minimum absolute atomic E-state index is 0.00191. The molecule has 6 nitrogen and oxygen atoms in total. The molecule has 2 aromatic rings. The van der Waals surface area contributed by atoms with Gasteiger partial charge in [0.2, 0.25) is 11.8 Å². The van der Waals surface area contributed by atoms with Crippen LogP contribution < -0.4 is 10.2 Å². The molecule has 140 valence electrons. The molecule has 2 amide bonds. The lowest BCUT2D eigenvalue weighted by Crippen LogP contribution is -2.42. The number of benzene rings is 2. The van der Waals surface area contributed by atoms with Crippen LogP contribution in [0.1, 0.15) is 35.7 Å². The fraction of sp³-hybridized carbons (Fsp3) is 0.286. The summed E-state index contributed by atoms with van der Waals surface area (Å²) in [5, 5.41) is 12.0. The first-order chi connectivity index (χ1) is 13.0. The predicted octanol–water partition coefficient (Wildman–Crippen LogP) is 2.63. The van der Waals surface area contributed by atoms with E-state index >= 15 is 0 Å². The highest BCUT2D eigenvalue weighted by atomic mass is 16.4. The van der Waals surface area contributed by atoms with E-state index in [1.807, 2.05) is 37.3 Å². The van der Waals surface area contributed by atoms with Crippen LogP contribution in [0.25, 0.3) is 0 Å². The number of hydrogen-bond acceptors (Lipinski definition) is 3. The maximum Gasteiger partial charge on any atom is 0.335 e. The van der Waals surface area contributed by atoms with E-state index in [-0.39, 0.29) is 29.8 Å². The van der Waals surface area contributed by atoms with E-state index in [4.69, 9.17) is 0 Å². The molecule has 0 bridgehead atoms. The number of nitrogens with one attached hydrogen (secondary N) is 1. The van der Waals surface area contributed by atoms with Crippen molar-refractivity contribution < 1.29 is 19.5 Å². The number of carboxylic acids is 1. The number of hydrogen-bond donors (Lipinski definition) is 2. The molecule has 2 atom stereocenters. The Hall–Kier alpha value is -3.15. The minimum Gasteiger partial charge on any atom is -0.478 e. The normalized spacial score (nSPS) is 19.1. The number of carboxylic acid groups (broad SMARTS) is 1. The van der Waals surface area contributed by atoms with Crippen LogP contribution >= 0.6 is 0 Å². The Morgan fingerprint density at radius 2 is 1.78 bits per heavy atom. The lowest BCUT2D eigenvalue weighted by Gasteiger charge is -2.21. The Labute approximate surface area is 157 Å². The molecule has 1 aliphatic heterocycles. The van der Waals surface area contributed by atoms with Gasteiger partial charge in [0, 0.05) is 18.2 Å². The van der Waals surface area contributed by atoms with Gasteiger partial charge in [0.15, 0.2) is 0 Å². The van der Waals surface area contributed by atoms with Gasteiger partial charge in [0.25, 0.3) is 0 Å². The molecule has 1 fully saturated rings. The second kappa shape index (κ2) is 8.03. The Morgan fingerprint density at radius 3 is 2.48 bits per heavy atom. The second-order valence-electron chi connectivity index (χ2n) is 6.71. The van der Waals surface area contributed by atoms with Gasteiger partial charge in [-0.25, -0.2) is 4.79 Å². The van der Waals surface area contributed by atoms with Crippen molar-refractivity contribution in [2.75, 3.05) is 4.90 Å². The van der Waals surface area contributed by atoms with E-state index in [2.05, 4.69) is 5.32 Å². The van der Waals surface area contributed by atoms with E-state index in [9.17, 15) is 19.5 Å². The molecular formula is C21H22N2O4. The van der Waals surface area contributed by atoms with Crippen molar-refractivity contribution in [1.29, 1.82) is 0 Å². The van der Waals surface area contributed by atoms with Gasteiger partial charge in [-0.1, -0.05) is 36.4 Å². The minimum atomic E-state index is -1.01. The maximum absolute atomic E-state index is 12.7. The molecule has 1 saturated heterocycles. The summed E-state index contributed by atoms with van der Waals surface area (Å²) in [7, 11) is 0. The summed E-state index contributed by atoms with van der Waals surface area (Å²) in [6.07, 6.45) is 0.992. The molecular weight excluding hydrogens is 344 g/mol. The Morgan fingerprint density at radius 1 is 1.11 bits per heavy atom. The summed E-state index contributed by atoms with van der Waals surface area (Å²) in [6.45, 7) is 1.96. The third-order valence-electron chi connectivity index (χ3n) is 4.79. The molecule has 3 rings (SSSR count). The summed E-state index contributed by atoms with van der Waals surface area (Å²) in [5.41, 5.74) is 1.63. The quantitative estimate of drug-likeness (QED) is 0.823. The average Bonchev–Trinajstić information content (AvgIpc) is 2.94. The first kappa shape index (κ1) is 18.6. The predicted molar refractivity (Wildman–Crippen MR) is 102 cm³/mol. The number of amides is 2. The highest BCUT2D eigenvalue weighted by Crippen LogP contribution is 2.26. The number of carbonyl (C=O) groups is 3. The SMILES string of the molecule is CC1CC(NC(=O)CCc2ccccc2C(=O)O)C(=O)N1c1ccccc1. The molecule has 6 heteroatoms. The lowest BCUT2D eigenvalue weighted by molar-refractivity contribution is -0.126. The van der Waals surface area contributed by atoms with Crippen molar-refractivity contribution in [3.05, 3.63) is 65.7 Å². The van der Waals surface area contributed by atoms with E-state index in [0.29, 0.717) is 18.4 Å². The lowest BCUT2D eigenvalue weighted by atomic mass is 10.0. The average molecular weight is 366 g/mol. The molecule has 0 saturated carbocycles. The van der Waals surface area contributed by atoms with Crippen molar-refractivity contribution in [2.24, 2.45) is 0 Å². The summed E-state index contributed by atoms with van der Waals surface area (Å²) in [5.74, 6) is -1.38. The molecule has 1 heterocycles. The van der Waals surface area contributed by atoms with Gasteiger partial charge < -0.3 is 15.3 Å². The highest BCUT2D eigenvalue weighted by molar-refractivity contribution is 6.02. The summed E-state index contributed by atoms with van der Waals surface area (Å²) < 4.78 is 0. The largest absolute Gasteiger partial charge is 0.478 e. The van der Waals surface area contributed by atoms with Gasteiger partial charge in [-0.15, -0.1) is 0 Å². The number of anilines is 1. The van der Waals surface area contributed by atoms with Crippen LogP contribution in [0.2, 0.25) is 0 Å². The molecule has 2 unspecified atom stereocenters. The van der Waals surface area contributed by atoms with Crippen LogP contribution in [0.5, 0.6) is 0 Å². The molecule has 27 heavy (non-hydrogen) atoms. The topological polar surface area (TPSA) is 86.7 Å². The smallest absolute Gasteiger partial charge is 0.335 e. The fourth-order valence-electron chi connectivity index (χ4n) is 3.49. The van der Waals surface area contributed by atoms with Crippen LogP contribution in [-0.4, -0.2) is 35.0 Å². The zero-order valence-corrected chi connectivity index (χ0v) is 15.1. The highest BCUT2D eigenvalue weighted by Gasteiger charge is 2.38. The summed E-state index contributed by atoms with van der Waals surface area (Å²) in [4.78, 5) is 38.0. The first-order valence-corrected chi connectivity index (χ1v) is 8.96. The third kappa shape index (κ3) is 4.16.